The second kappa shape index (κ2) is 4.86. The lowest BCUT2D eigenvalue weighted by atomic mass is 10.0. The number of hydrogen-bond acceptors (Lipinski definition) is 4. The molecule has 2 heterocycles. The number of anilines is 1. The van der Waals surface area contributed by atoms with Crippen molar-refractivity contribution in [2.45, 2.75) is 26.8 Å². The quantitative estimate of drug-likeness (QED) is 0.871. The van der Waals surface area contributed by atoms with Gasteiger partial charge >= 0.3 is 0 Å². The molecule has 0 fully saturated rings. The van der Waals surface area contributed by atoms with Crippen LogP contribution in [-0.4, -0.2) is 23.9 Å². The molecule has 2 rings (SSSR count). The summed E-state index contributed by atoms with van der Waals surface area (Å²) in [5, 5.41) is 12.7. The molecule has 1 aliphatic heterocycles. The van der Waals surface area contributed by atoms with Crippen LogP contribution in [-0.2, 0) is 17.8 Å². The molecule has 1 aromatic heterocycles. The molecule has 0 radical (unpaired) electrons. The van der Waals surface area contributed by atoms with E-state index in [0.717, 1.165) is 31.6 Å². The van der Waals surface area contributed by atoms with E-state index in [1.165, 1.54) is 23.1 Å². The zero-order valence-electron chi connectivity index (χ0n) is 10.0. The molecule has 1 N–H and O–H groups in total. The molecule has 17 heavy (non-hydrogen) atoms. The van der Waals surface area contributed by atoms with Crippen LogP contribution in [0.2, 0.25) is 0 Å². The fourth-order valence-corrected chi connectivity index (χ4v) is 3.38. The lowest BCUT2D eigenvalue weighted by Crippen LogP contribution is -2.29. The third kappa shape index (κ3) is 2.33. The number of thiophene rings is 1. The third-order valence-electron chi connectivity index (χ3n) is 2.98. The van der Waals surface area contributed by atoms with Gasteiger partial charge in [-0.05, 0) is 18.5 Å². The predicted octanol–water partition coefficient (Wildman–Crippen LogP) is 1.96. The number of amides is 1. The molecule has 0 spiro atoms. The Morgan fingerprint density at radius 1 is 1.65 bits per heavy atom. The predicted molar refractivity (Wildman–Crippen MR) is 68.0 cm³/mol. The Morgan fingerprint density at radius 3 is 3.00 bits per heavy atom. The average Bonchev–Trinajstić information content (AvgIpc) is 2.63. The van der Waals surface area contributed by atoms with Crippen LogP contribution >= 0.6 is 11.3 Å². The van der Waals surface area contributed by atoms with E-state index in [1.807, 2.05) is 0 Å². The number of nitriles is 1. The number of hydrogen-bond donors (Lipinski definition) is 1. The number of nitrogens with zero attached hydrogens (tertiary/aromatic N) is 2. The Hall–Kier alpha value is -1.38. The largest absolute Gasteiger partial charge is 0.317 e. The first-order valence-corrected chi connectivity index (χ1v) is 6.52. The minimum atomic E-state index is -0.118. The van der Waals surface area contributed by atoms with E-state index in [4.69, 9.17) is 0 Å². The van der Waals surface area contributed by atoms with Gasteiger partial charge in [0, 0.05) is 24.9 Å². The van der Waals surface area contributed by atoms with Gasteiger partial charge in [0.05, 0.1) is 5.56 Å². The van der Waals surface area contributed by atoms with E-state index >= 15 is 0 Å². The van der Waals surface area contributed by atoms with Gasteiger partial charge in [-0.15, -0.1) is 11.3 Å². The normalized spacial score (nSPS) is 15.1. The fraction of sp³-hybridized carbons (Fsp3) is 0.500. The van der Waals surface area contributed by atoms with Gasteiger partial charge in [0.25, 0.3) is 0 Å². The van der Waals surface area contributed by atoms with E-state index in [9.17, 15) is 10.1 Å². The summed E-state index contributed by atoms with van der Waals surface area (Å²) in [5.41, 5.74) is 1.79. The van der Waals surface area contributed by atoms with Crippen molar-refractivity contribution >= 4 is 22.2 Å². The maximum Gasteiger partial charge on any atom is 0.221 e. The van der Waals surface area contributed by atoms with Crippen molar-refractivity contribution in [1.29, 1.82) is 5.26 Å². The fourth-order valence-electron chi connectivity index (χ4n) is 2.09. The van der Waals surface area contributed by atoms with Crippen molar-refractivity contribution in [1.82, 2.24) is 4.90 Å². The maximum absolute atomic E-state index is 11.1. The number of fused-ring (bicyclic) bond motifs is 1. The van der Waals surface area contributed by atoms with Crippen molar-refractivity contribution in [2.24, 2.45) is 0 Å². The standard InChI is InChI=1S/C12H15N3OS/c1-3-15-5-4-9-10(6-13)12(14-8(2)16)17-11(9)7-15/h3-5,7H2,1-2H3,(H,14,16). The van der Waals surface area contributed by atoms with E-state index in [1.54, 1.807) is 0 Å². The molecular weight excluding hydrogens is 234 g/mol. The molecule has 4 nitrogen and oxygen atoms in total. The molecule has 1 aromatic rings. The lowest BCUT2D eigenvalue weighted by Gasteiger charge is -2.24. The highest BCUT2D eigenvalue weighted by atomic mass is 32.1. The molecular formula is C12H15N3OS. The molecule has 0 saturated heterocycles. The topological polar surface area (TPSA) is 56.1 Å². The number of carbonyl (C=O) groups excluding carboxylic acids is 1. The summed E-state index contributed by atoms with van der Waals surface area (Å²) < 4.78 is 0. The highest BCUT2D eigenvalue weighted by Gasteiger charge is 2.23. The zero-order valence-corrected chi connectivity index (χ0v) is 10.9. The van der Waals surface area contributed by atoms with Crippen LogP contribution in [0.5, 0.6) is 0 Å². The van der Waals surface area contributed by atoms with Crippen LogP contribution in [0.4, 0.5) is 5.00 Å². The number of nitrogens with one attached hydrogen (secondary N) is 1. The Bertz CT molecular complexity index is 487. The van der Waals surface area contributed by atoms with Gasteiger partial charge in [-0.1, -0.05) is 6.92 Å². The highest BCUT2D eigenvalue weighted by molar-refractivity contribution is 7.16. The highest BCUT2D eigenvalue weighted by Crippen LogP contribution is 2.36. The number of rotatable bonds is 2. The van der Waals surface area contributed by atoms with E-state index < -0.39 is 0 Å². The van der Waals surface area contributed by atoms with Crippen LogP contribution in [0, 0.1) is 11.3 Å². The van der Waals surface area contributed by atoms with Crippen LogP contribution in [0.25, 0.3) is 0 Å². The van der Waals surface area contributed by atoms with E-state index in [0.29, 0.717) is 10.6 Å². The van der Waals surface area contributed by atoms with Crippen molar-refractivity contribution < 1.29 is 4.79 Å². The summed E-state index contributed by atoms with van der Waals surface area (Å²) in [5.74, 6) is -0.118. The molecule has 1 aliphatic rings. The summed E-state index contributed by atoms with van der Waals surface area (Å²) in [6.07, 6.45) is 0.905. The van der Waals surface area contributed by atoms with Gasteiger partial charge in [0.15, 0.2) is 0 Å². The average molecular weight is 249 g/mol. The molecule has 0 atom stereocenters. The summed E-state index contributed by atoms with van der Waals surface area (Å²) in [4.78, 5) is 14.7. The molecule has 1 amide bonds. The zero-order chi connectivity index (χ0) is 12.4. The lowest BCUT2D eigenvalue weighted by molar-refractivity contribution is -0.114. The van der Waals surface area contributed by atoms with Crippen molar-refractivity contribution in [3.63, 3.8) is 0 Å². The van der Waals surface area contributed by atoms with Gasteiger partial charge < -0.3 is 5.32 Å². The Kier molecular flexibility index (Phi) is 3.46. The van der Waals surface area contributed by atoms with Gasteiger partial charge in [-0.3, -0.25) is 9.69 Å². The number of carbonyl (C=O) groups is 1. The molecule has 0 saturated carbocycles. The summed E-state index contributed by atoms with van der Waals surface area (Å²) in [7, 11) is 0. The van der Waals surface area contributed by atoms with E-state index in [-0.39, 0.29) is 5.91 Å². The summed E-state index contributed by atoms with van der Waals surface area (Å²) >= 11 is 1.54. The second-order valence-electron chi connectivity index (χ2n) is 4.12. The Labute approximate surface area is 105 Å². The maximum atomic E-state index is 11.1. The Morgan fingerprint density at radius 2 is 2.41 bits per heavy atom. The summed E-state index contributed by atoms with van der Waals surface area (Å²) in [6.45, 7) is 6.52. The van der Waals surface area contributed by atoms with Gasteiger partial charge in [0.1, 0.15) is 11.1 Å². The van der Waals surface area contributed by atoms with E-state index in [2.05, 4.69) is 23.2 Å². The third-order valence-corrected chi connectivity index (χ3v) is 4.12. The molecule has 0 unspecified atom stereocenters. The first-order valence-electron chi connectivity index (χ1n) is 5.70. The number of likely N-dealkylation sites (N-methyl/N-ethyl adjacent to an activating group) is 1. The van der Waals surface area contributed by atoms with Crippen LogP contribution < -0.4 is 5.32 Å². The minimum absolute atomic E-state index is 0.118. The van der Waals surface area contributed by atoms with Gasteiger partial charge in [-0.2, -0.15) is 5.26 Å². The second-order valence-corrected chi connectivity index (χ2v) is 5.22. The Balaban J connectivity index is 2.35. The molecule has 0 aromatic carbocycles. The van der Waals surface area contributed by atoms with Crippen LogP contribution in [0.3, 0.4) is 0 Å². The van der Waals surface area contributed by atoms with Crippen LogP contribution in [0.1, 0.15) is 29.9 Å². The first kappa shape index (κ1) is 12.1. The first-order chi connectivity index (χ1) is 8.15. The van der Waals surface area contributed by atoms with Gasteiger partial charge in [-0.25, -0.2) is 0 Å². The molecule has 90 valence electrons. The van der Waals surface area contributed by atoms with Gasteiger partial charge in [0.2, 0.25) is 5.91 Å². The monoisotopic (exact) mass is 249 g/mol. The summed E-state index contributed by atoms with van der Waals surface area (Å²) in [6, 6.07) is 2.22. The van der Waals surface area contributed by atoms with Crippen molar-refractivity contribution in [3.05, 3.63) is 16.0 Å². The molecule has 0 bridgehead atoms. The smallest absolute Gasteiger partial charge is 0.221 e. The molecule has 0 aliphatic carbocycles. The molecule has 5 heteroatoms. The SMILES string of the molecule is CCN1CCc2c(sc(NC(C)=O)c2C#N)C1. The van der Waals surface area contributed by atoms with Crippen LogP contribution in [0.15, 0.2) is 0 Å². The minimum Gasteiger partial charge on any atom is -0.317 e. The van der Waals surface area contributed by atoms with Crippen molar-refractivity contribution in [3.8, 4) is 6.07 Å². The van der Waals surface area contributed by atoms with Crippen molar-refractivity contribution in [2.75, 3.05) is 18.4 Å².